The second-order valence-electron chi connectivity index (χ2n) is 9.50. The van der Waals surface area contributed by atoms with Crippen molar-refractivity contribution in [2.75, 3.05) is 7.11 Å². The monoisotopic (exact) mass is 496 g/mol. The van der Waals surface area contributed by atoms with Gasteiger partial charge < -0.3 is 19.5 Å². The van der Waals surface area contributed by atoms with Gasteiger partial charge in [-0.2, -0.15) is 0 Å². The zero-order chi connectivity index (χ0) is 25.4. The van der Waals surface area contributed by atoms with E-state index in [2.05, 4.69) is 84.9 Å². The Morgan fingerprint density at radius 2 is 1.67 bits per heavy atom. The van der Waals surface area contributed by atoms with Gasteiger partial charge in [-0.05, 0) is 92.5 Å². The van der Waals surface area contributed by atoms with Gasteiger partial charge in [0.05, 0.1) is 30.6 Å². The van der Waals surface area contributed by atoms with E-state index >= 15 is 0 Å². The molecule has 184 valence electrons. The van der Waals surface area contributed by atoms with Gasteiger partial charge in [0, 0.05) is 24.1 Å². The maximum atomic E-state index is 5.92. The summed E-state index contributed by atoms with van der Waals surface area (Å²) in [7, 11) is 1.69. The lowest BCUT2D eigenvalue weighted by Crippen LogP contribution is -2.29. The van der Waals surface area contributed by atoms with Crippen molar-refractivity contribution in [1.82, 2.24) is 19.8 Å². The van der Waals surface area contributed by atoms with Gasteiger partial charge in [0.2, 0.25) is 0 Å². The first-order valence-corrected chi connectivity index (χ1v) is 12.7. The van der Waals surface area contributed by atoms with Crippen molar-refractivity contribution in [2.45, 2.75) is 46.3 Å². The molecule has 0 spiro atoms. The van der Waals surface area contributed by atoms with Crippen LogP contribution < -0.4 is 10.1 Å². The zero-order valence-corrected chi connectivity index (χ0v) is 22.3. The van der Waals surface area contributed by atoms with E-state index in [0.717, 1.165) is 16.6 Å². The second-order valence-corrected chi connectivity index (χ2v) is 9.89. The molecule has 0 aliphatic carbocycles. The largest absolute Gasteiger partial charge is 0.497 e. The number of ether oxygens (including phenoxy) is 1. The molecule has 2 aromatic heterocycles. The fourth-order valence-electron chi connectivity index (χ4n) is 5.43. The fourth-order valence-corrected chi connectivity index (χ4v) is 5.74. The average Bonchev–Trinajstić information content (AvgIpc) is 3.35. The Kier molecular flexibility index (Phi) is 6.54. The third kappa shape index (κ3) is 4.26. The summed E-state index contributed by atoms with van der Waals surface area (Å²) < 4.78 is 7.75. The minimum atomic E-state index is -0.0520. The van der Waals surface area contributed by atoms with Crippen LogP contribution in [0.5, 0.6) is 5.75 Å². The lowest BCUT2D eigenvalue weighted by molar-refractivity contribution is 0.310. The Balaban J connectivity index is 1.62. The number of para-hydroxylation sites is 1. The third-order valence-corrected chi connectivity index (χ3v) is 7.51. The number of rotatable bonds is 6. The number of aromatic nitrogens is 2. The van der Waals surface area contributed by atoms with Gasteiger partial charge in [0.25, 0.3) is 0 Å². The number of hydrogen-bond acceptors (Lipinski definition) is 3. The number of hydrogen-bond donors (Lipinski definition) is 1. The smallest absolute Gasteiger partial charge is 0.170 e. The summed E-state index contributed by atoms with van der Waals surface area (Å²) in [6, 6.07) is 23.0. The molecule has 3 heterocycles. The molecule has 5 rings (SSSR count). The van der Waals surface area contributed by atoms with Crippen LogP contribution in [0.25, 0.3) is 5.69 Å². The van der Waals surface area contributed by atoms with Crippen molar-refractivity contribution in [3.63, 3.8) is 0 Å². The highest BCUT2D eigenvalue weighted by Crippen LogP contribution is 2.42. The molecular formula is C30H32N4OS. The molecule has 0 bridgehead atoms. The number of aryl methyl sites for hydroxylation is 3. The Morgan fingerprint density at radius 1 is 0.944 bits per heavy atom. The second kappa shape index (κ2) is 9.78. The van der Waals surface area contributed by atoms with Crippen molar-refractivity contribution >= 4 is 17.3 Å². The van der Waals surface area contributed by atoms with Gasteiger partial charge in [-0.15, -0.1) is 0 Å². The third-order valence-electron chi connectivity index (χ3n) is 7.16. The van der Waals surface area contributed by atoms with Crippen molar-refractivity contribution in [2.24, 2.45) is 0 Å². The van der Waals surface area contributed by atoms with Crippen LogP contribution in [0.4, 0.5) is 0 Å². The van der Waals surface area contributed by atoms with Gasteiger partial charge >= 0.3 is 0 Å². The summed E-state index contributed by atoms with van der Waals surface area (Å²) >= 11 is 5.92. The molecule has 0 radical (unpaired) electrons. The van der Waals surface area contributed by atoms with Crippen LogP contribution in [0.15, 0.2) is 72.9 Å². The molecule has 2 atom stereocenters. The molecule has 0 unspecified atom stereocenters. The average molecular weight is 497 g/mol. The van der Waals surface area contributed by atoms with Crippen molar-refractivity contribution in [3.05, 3.63) is 112 Å². The number of nitrogens with one attached hydrogen (secondary N) is 1. The molecular weight excluding hydrogens is 464 g/mol. The molecule has 0 amide bonds. The van der Waals surface area contributed by atoms with E-state index in [1.807, 2.05) is 30.5 Å². The molecule has 36 heavy (non-hydrogen) atoms. The SMILES string of the molecule is COc1ccc(CN2C(=S)N[C@@H](c3ccccn3)[C@@H]2c2cc(C)n(-c3c(C)cccc3C)c2C)cc1. The minimum Gasteiger partial charge on any atom is -0.497 e. The van der Waals surface area contributed by atoms with Crippen LogP contribution in [0, 0.1) is 27.7 Å². The summed E-state index contributed by atoms with van der Waals surface area (Å²) in [4.78, 5) is 7.01. The van der Waals surface area contributed by atoms with E-state index in [-0.39, 0.29) is 12.1 Å². The molecule has 6 heteroatoms. The lowest BCUT2D eigenvalue weighted by atomic mass is 9.96. The minimum absolute atomic E-state index is 0.00113. The summed E-state index contributed by atoms with van der Waals surface area (Å²) in [6.07, 6.45) is 1.85. The topological polar surface area (TPSA) is 42.3 Å². The molecule has 0 saturated carbocycles. The summed E-state index contributed by atoms with van der Waals surface area (Å²) in [6.45, 7) is 9.46. The zero-order valence-electron chi connectivity index (χ0n) is 21.4. The molecule has 5 nitrogen and oxygen atoms in total. The maximum absolute atomic E-state index is 5.92. The standard InChI is InChI=1S/C30H32N4OS/c1-19-9-8-10-20(2)28(19)34-21(3)17-25(22(34)4)29-27(26-11-6-7-16-31-26)32-30(36)33(29)18-23-12-14-24(35-5)15-13-23/h6-17,27,29H,18H2,1-5H3,(H,32,36)/t27-,29-/m0/s1. The Labute approximate surface area is 218 Å². The summed E-state index contributed by atoms with van der Waals surface area (Å²) in [5.41, 5.74) is 9.63. The first-order valence-electron chi connectivity index (χ1n) is 12.3. The van der Waals surface area contributed by atoms with E-state index in [0.29, 0.717) is 6.54 Å². The highest BCUT2D eigenvalue weighted by atomic mass is 32.1. The molecule has 1 fully saturated rings. The molecule has 1 saturated heterocycles. The first-order chi connectivity index (χ1) is 17.4. The van der Waals surface area contributed by atoms with E-state index in [9.17, 15) is 0 Å². The predicted octanol–water partition coefficient (Wildman–Crippen LogP) is 6.29. The Bertz CT molecular complexity index is 1370. The lowest BCUT2D eigenvalue weighted by Gasteiger charge is -2.28. The number of benzene rings is 2. The highest BCUT2D eigenvalue weighted by Gasteiger charge is 2.41. The van der Waals surface area contributed by atoms with Gasteiger partial charge in [-0.1, -0.05) is 36.4 Å². The Hall–Kier alpha value is -3.64. The number of nitrogens with zero attached hydrogens (tertiary/aromatic N) is 3. The van der Waals surface area contributed by atoms with Crippen LogP contribution in [0.1, 0.15) is 51.4 Å². The van der Waals surface area contributed by atoms with Gasteiger partial charge in [-0.3, -0.25) is 4.98 Å². The first kappa shape index (κ1) is 24.1. The van der Waals surface area contributed by atoms with E-state index in [4.69, 9.17) is 21.9 Å². The number of methoxy groups -OCH3 is 1. The molecule has 4 aromatic rings. The molecule has 1 N–H and O–H groups in total. The summed E-state index contributed by atoms with van der Waals surface area (Å²) in [5, 5.41) is 4.33. The summed E-state index contributed by atoms with van der Waals surface area (Å²) in [5.74, 6) is 0.848. The molecule has 1 aliphatic rings. The van der Waals surface area contributed by atoms with E-state index < -0.39 is 0 Å². The normalized spacial score (nSPS) is 17.4. The number of thiocarbonyl (C=S) groups is 1. The van der Waals surface area contributed by atoms with Crippen LogP contribution in [0.2, 0.25) is 0 Å². The maximum Gasteiger partial charge on any atom is 0.170 e. The van der Waals surface area contributed by atoms with Crippen LogP contribution in [-0.4, -0.2) is 26.7 Å². The van der Waals surface area contributed by atoms with E-state index in [1.165, 1.54) is 39.3 Å². The van der Waals surface area contributed by atoms with Gasteiger partial charge in [0.1, 0.15) is 5.75 Å². The van der Waals surface area contributed by atoms with Crippen molar-refractivity contribution in [1.29, 1.82) is 0 Å². The van der Waals surface area contributed by atoms with E-state index in [1.54, 1.807) is 7.11 Å². The van der Waals surface area contributed by atoms with Gasteiger partial charge in [-0.25, -0.2) is 0 Å². The van der Waals surface area contributed by atoms with Gasteiger partial charge in [0.15, 0.2) is 5.11 Å². The quantitative estimate of drug-likeness (QED) is 0.318. The molecule has 1 aliphatic heterocycles. The van der Waals surface area contributed by atoms with Crippen LogP contribution in [0.3, 0.4) is 0 Å². The van der Waals surface area contributed by atoms with Crippen molar-refractivity contribution in [3.8, 4) is 11.4 Å². The Morgan fingerprint density at radius 3 is 2.31 bits per heavy atom. The number of pyridine rings is 1. The fraction of sp³-hybridized carbons (Fsp3) is 0.267. The van der Waals surface area contributed by atoms with Crippen LogP contribution in [-0.2, 0) is 6.54 Å². The van der Waals surface area contributed by atoms with Crippen LogP contribution >= 0.6 is 12.2 Å². The predicted molar refractivity (Wildman–Crippen MR) is 149 cm³/mol. The highest BCUT2D eigenvalue weighted by molar-refractivity contribution is 7.80. The van der Waals surface area contributed by atoms with Crippen molar-refractivity contribution < 1.29 is 4.74 Å². The molecule has 2 aromatic carbocycles.